The highest BCUT2D eigenvalue weighted by Gasteiger charge is 2.45. The molecule has 0 radical (unpaired) electrons. The van der Waals surface area contributed by atoms with E-state index in [1.165, 1.54) is 81.8 Å². The Kier molecular flexibility index (Phi) is 29.7. The third kappa shape index (κ3) is 22.3. The smallest absolute Gasteiger partial charge is 0.331 e. The van der Waals surface area contributed by atoms with E-state index in [1.807, 2.05) is 0 Å². The minimum Gasteiger partial charge on any atom is -0.497 e. The average molecular weight is 1470 g/mol. The van der Waals surface area contributed by atoms with Gasteiger partial charge >= 0.3 is 11.9 Å². The maximum atomic E-state index is 15.1. The van der Waals surface area contributed by atoms with E-state index in [0.29, 0.717) is 33.3 Å². The van der Waals surface area contributed by atoms with Crippen molar-refractivity contribution in [3.8, 4) is 5.75 Å². The van der Waals surface area contributed by atoms with Gasteiger partial charge < -0.3 is 98.1 Å². The molecule has 32 heteroatoms. The van der Waals surface area contributed by atoms with E-state index in [9.17, 15) is 83.1 Å². The number of aromatic amines is 1. The summed E-state index contributed by atoms with van der Waals surface area (Å²) in [7, 11) is 1.38. The standard InChI is InChI=1S/C74H92N12O20/c1-9-18-42-19-13-14-20-43(42)28-31-54(87)81-57-41(7)106-74(104)60(61(91)39(4)5)84-66(96)50(33-38(2)3)80-71(101)72(102)85-67(97)51(34-46-36-75-49-24-16-15-23-48(46)49)79-70(100)58(62(92)45-26-29-47(105-8)30-27-45)83-68(98)53-25-17-32-86(53)73(103)59(63(93)44-21-11-10-12-22-44)82-55(88)37-76-65(95)52(35-56(89)90)78-64(94)40(6)77-69(57)99/h9-16,18-24,26-31,36,38-41,50-53,57-63,72,75,91-93,102H,17,25,32-35,37H2,1-8H3,(H,76,95)(H,77,99)(H,78,94)(H,79,100)(H,80,101)(H,81,87)(H,82,88)(H,83,98)(H,84,96)(H,85,97)(H,89,90)/b18-9-,31-28+/t40-,41+,50+,51+,52-,53-,57-,58-,59-,60?,61-,62-,63-,72-/m0/s1. The Morgan fingerprint density at radius 2 is 1.25 bits per heavy atom. The number of hydrogen-bond donors (Lipinski definition) is 16. The van der Waals surface area contributed by atoms with Crippen LogP contribution in [0.2, 0.25) is 0 Å². The van der Waals surface area contributed by atoms with Crippen molar-refractivity contribution in [2.75, 3.05) is 20.2 Å². The van der Waals surface area contributed by atoms with Gasteiger partial charge in [0.15, 0.2) is 6.04 Å². The summed E-state index contributed by atoms with van der Waals surface area (Å²) in [4.78, 5) is 190. The third-order valence-electron chi connectivity index (χ3n) is 17.7. The normalized spacial score (nSPS) is 24.6. The molecule has 4 aromatic carbocycles. The fraction of sp³-hybridized carbons (Fsp3) is 0.419. The number of carbonyl (C=O) groups excluding carboxylic acids is 12. The number of hydrogen-bond acceptors (Lipinski definition) is 19. The summed E-state index contributed by atoms with van der Waals surface area (Å²) in [6.45, 7) is 9.08. The number of allylic oxidation sites excluding steroid dienone is 1. The average Bonchev–Trinajstić information content (AvgIpc) is 1.83. The second kappa shape index (κ2) is 38.4. The van der Waals surface area contributed by atoms with Crippen molar-refractivity contribution < 1.29 is 97.3 Å². The topological polar surface area (TPSA) is 481 Å². The van der Waals surface area contributed by atoms with Gasteiger partial charge in [-0.25, -0.2) is 4.79 Å². The highest BCUT2D eigenvalue weighted by atomic mass is 16.5. The monoisotopic (exact) mass is 1470 g/mol. The molecule has 2 aliphatic heterocycles. The summed E-state index contributed by atoms with van der Waals surface area (Å²) in [6, 6.07) is 10.3. The fourth-order valence-electron chi connectivity index (χ4n) is 11.9. The molecule has 5 aromatic rings. The Morgan fingerprint density at radius 1 is 0.642 bits per heavy atom. The molecule has 14 atom stereocenters. The molecule has 0 aliphatic carbocycles. The lowest BCUT2D eigenvalue weighted by molar-refractivity contribution is -0.160. The molecule has 2 aliphatic rings. The van der Waals surface area contributed by atoms with Crippen LogP contribution in [0.5, 0.6) is 5.75 Å². The summed E-state index contributed by atoms with van der Waals surface area (Å²) >= 11 is 0. The quantitative estimate of drug-likeness (QED) is 0.0425. The molecule has 0 bridgehead atoms. The summed E-state index contributed by atoms with van der Waals surface area (Å²) < 4.78 is 11.1. The first-order chi connectivity index (χ1) is 50.4. The Balaban J connectivity index is 1.29. The number of rotatable bonds is 17. The van der Waals surface area contributed by atoms with E-state index >= 15 is 4.79 Å². The van der Waals surface area contributed by atoms with Gasteiger partial charge in [-0.15, -0.1) is 0 Å². The molecule has 1 unspecified atom stereocenters. The van der Waals surface area contributed by atoms with E-state index in [4.69, 9.17) is 9.47 Å². The van der Waals surface area contributed by atoms with Gasteiger partial charge in [0.2, 0.25) is 65.3 Å². The number of aliphatic carboxylic acids is 1. The molecule has 2 fully saturated rings. The number of fused-ring (bicyclic) bond motifs is 2. The van der Waals surface area contributed by atoms with Crippen LogP contribution in [0.1, 0.15) is 114 Å². The molecular weight excluding hydrogens is 1380 g/mol. The van der Waals surface area contributed by atoms with Crippen molar-refractivity contribution in [3.63, 3.8) is 0 Å². The third-order valence-corrected chi connectivity index (χ3v) is 17.7. The number of cyclic esters (lactones) is 1. The van der Waals surface area contributed by atoms with E-state index in [-0.39, 0.29) is 36.9 Å². The maximum Gasteiger partial charge on any atom is 0.331 e. The van der Waals surface area contributed by atoms with Crippen LogP contribution in [0, 0.1) is 11.8 Å². The molecular formula is C74H92N12O20. The van der Waals surface area contributed by atoms with Gasteiger partial charge in [0.05, 0.1) is 26.2 Å². The summed E-state index contributed by atoms with van der Waals surface area (Å²) in [5.41, 5.74) is 2.37. The Labute approximate surface area is 610 Å². The van der Waals surface area contributed by atoms with E-state index < -0.39 is 193 Å². The number of H-pyrrole nitrogens is 1. The molecule has 0 spiro atoms. The first-order valence-corrected chi connectivity index (χ1v) is 34.5. The van der Waals surface area contributed by atoms with Gasteiger partial charge in [-0.2, -0.15) is 0 Å². The predicted octanol–water partition coefficient (Wildman–Crippen LogP) is -0.144. The second-order valence-electron chi connectivity index (χ2n) is 26.4. The van der Waals surface area contributed by atoms with Crippen LogP contribution in [-0.4, -0.2) is 205 Å². The number of methoxy groups -OCH3 is 1. The number of esters is 1. The lowest BCUT2D eigenvalue weighted by Crippen LogP contribution is -2.62. The molecule has 16 N–H and O–H groups in total. The van der Waals surface area contributed by atoms with Crippen molar-refractivity contribution in [1.29, 1.82) is 0 Å². The van der Waals surface area contributed by atoms with Gasteiger partial charge in [-0.3, -0.25) is 57.5 Å². The zero-order chi connectivity index (χ0) is 77.6. The number of amides is 11. The molecule has 11 amide bonds. The minimum absolute atomic E-state index is 0.0258. The molecule has 2 saturated heterocycles. The number of ether oxygens (including phenoxy) is 2. The van der Waals surface area contributed by atoms with Gasteiger partial charge in [-0.05, 0) is 104 Å². The van der Waals surface area contributed by atoms with Crippen molar-refractivity contribution in [1.82, 2.24) is 63.1 Å². The zero-order valence-electron chi connectivity index (χ0n) is 59.7. The number of nitrogens with zero attached hydrogens (tertiary/aromatic N) is 1. The van der Waals surface area contributed by atoms with Crippen LogP contribution in [0.15, 0.2) is 121 Å². The lowest BCUT2D eigenvalue weighted by atomic mass is 9.97. The first-order valence-electron chi connectivity index (χ1n) is 34.5. The van der Waals surface area contributed by atoms with Gasteiger partial charge in [0.25, 0.3) is 5.91 Å². The molecule has 106 heavy (non-hydrogen) atoms. The van der Waals surface area contributed by atoms with Crippen molar-refractivity contribution in [3.05, 3.63) is 149 Å². The number of carbonyl (C=O) groups is 13. The zero-order valence-corrected chi connectivity index (χ0v) is 59.7. The summed E-state index contributed by atoms with van der Waals surface area (Å²) in [5, 5.41) is 81.5. The predicted molar refractivity (Wildman–Crippen MR) is 383 cm³/mol. The van der Waals surface area contributed by atoms with Crippen LogP contribution in [0.3, 0.4) is 0 Å². The Morgan fingerprint density at radius 3 is 1.90 bits per heavy atom. The van der Waals surface area contributed by atoms with E-state index in [1.54, 1.807) is 87.5 Å². The van der Waals surface area contributed by atoms with Gasteiger partial charge in [0, 0.05) is 36.1 Å². The van der Waals surface area contributed by atoms with E-state index in [2.05, 4.69) is 58.2 Å². The molecule has 7 rings (SSSR count). The summed E-state index contributed by atoms with van der Waals surface area (Å²) in [6.07, 6.45) is -4.04. The van der Waals surface area contributed by atoms with Crippen molar-refractivity contribution in [2.45, 2.75) is 166 Å². The summed E-state index contributed by atoms with van der Waals surface area (Å²) in [5.74, 6) is -16.9. The fourth-order valence-corrected chi connectivity index (χ4v) is 11.9. The number of para-hydroxylation sites is 1. The van der Waals surface area contributed by atoms with Crippen molar-refractivity contribution in [2.24, 2.45) is 11.8 Å². The molecule has 32 nitrogen and oxygen atoms in total. The van der Waals surface area contributed by atoms with Crippen LogP contribution >= 0.6 is 0 Å². The Hall–Kier alpha value is -11.4. The Bertz CT molecular complexity index is 4050. The van der Waals surface area contributed by atoms with Crippen molar-refractivity contribution >= 4 is 100.0 Å². The molecule has 1 aromatic heterocycles. The minimum atomic E-state index is -2.52. The van der Waals surface area contributed by atoms with Crippen LogP contribution in [-0.2, 0) is 73.5 Å². The second-order valence-corrected chi connectivity index (χ2v) is 26.4. The SMILES string of the molecule is C/C=C\c1ccccc1/C=C/C(=O)N[C@@H]1C(=O)N[C@@H](C)C(=O)N[C@@H](CC(=O)O)C(=O)NCC(=O)N[C@@H]([C@@H](O)c2ccccc2)C(=O)N2CCC[C@H]2C(=O)N[C@@H]([C@@H](O)c2ccc(OC)cc2)C(=O)N[C@H](Cc2c[nH]c3ccccc23)C(=O)N[C@@H](O)C(=O)N[C@H](CC(C)C)C(=O)NC([C@@H](O)C(C)C)C(=O)O[C@@H]1C. The number of aromatic nitrogens is 1. The number of aliphatic hydroxyl groups excluding tert-OH is 4. The number of nitrogens with one attached hydrogen (secondary N) is 11. The maximum absolute atomic E-state index is 15.1. The highest BCUT2D eigenvalue weighted by molar-refractivity contribution is 6.01. The number of carboxylic acid groups (broad SMARTS) is 1. The van der Waals surface area contributed by atoms with E-state index in [0.717, 1.165) is 24.8 Å². The van der Waals surface area contributed by atoms with Crippen LogP contribution in [0.4, 0.5) is 0 Å². The number of benzene rings is 4. The number of carboxylic acids is 1. The number of aliphatic hydroxyl groups is 4. The lowest BCUT2D eigenvalue weighted by Gasteiger charge is -2.33. The van der Waals surface area contributed by atoms with Crippen LogP contribution < -0.4 is 57.9 Å². The van der Waals surface area contributed by atoms with Crippen LogP contribution in [0.25, 0.3) is 23.1 Å². The van der Waals surface area contributed by atoms with Gasteiger partial charge in [0.1, 0.15) is 72.4 Å². The largest absolute Gasteiger partial charge is 0.497 e. The first kappa shape index (κ1) is 81.9. The molecule has 568 valence electrons. The molecule has 3 heterocycles. The highest BCUT2D eigenvalue weighted by Crippen LogP contribution is 2.28. The van der Waals surface area contributed by atoms with Gasteiger partial charge in [-0.1, -0.05) is 125 Å². The molecule has 0 saturated carbocycles.